The number of hydrogen-bond acceptors (Lipinski definition) is 5. The van der Waals surface area contributed by atoms with E-state index in [0.717, 1.165) is 4.90 Å². The summed E-state index contributed by atoms with van der Waals surface area (Å²) >= 11 is 6.72. The van der Waals surface area contributed by atoms with Gasteiger partial charge in [0.2, 0.25) is 0 Å². The summed E-state index contributed by atoms with van der Waals surface area (Å²) in [4.78, 5) is 36.1. The lowest BCUT2D eigenvalue weighted by atomic mass is 10.2. The van der Waals surface area contributed by atoms with E-state index in [2.05, 4.69) is 47.8 Å². The van der Waals surface area contributed by atoms with Gasteiger partial charge in [0.15, 0.2) is 0 Å². The van der Waals surface area contributed by atoms with Crippen molar-refractivity contribution >= 4 is 55.8 Å². The van der Waals surface area contributed by atoms with Crippen molar-refractivity contribution in [2.24, 2.45) is 0 Å². The van der Waals surface area contributed by atoms with Crippen LogP contribution in [-0.4, -0.2) is 43.1 Å². The van der Waals surface area contributed by atoms with E-state index in [-0.39, 0.29) is 12.3 Å². The van der Waals surface area contributed by atoms with Crippen LogP contribution in [-0.2, 0) is 14.3 Å². The van der Waals surface area contributed by atoms with E-state index < -0.39 is 24.5 Å². The molecule has 1 saturated heterocycles. The van der Waals surface area contributed by atoms with Gasteiger partial charge in [0, 0.05) is 0 Å². The van der Waals surface area contributed by atoms with E-state index in [4.69, 9.17) is 11.2 Å². The predicted molar refractivity (Wildman–Crippen MR) is 96.4 cm³/mol. The number of nitrogens with one attached hydrogen (secondary N) is 1. The van der Waals surface area contributed by atoms with Gasteiger partial charge in [0.25, 0.3) is 5.91 Å². The zero-order chi connectivity index (χ0) is 18.6. The Kier molecular flexibility index (Phi) is 6.22. The van der Waals surface area contributed by atoms with Crippen molar-refractivity contribution in [3.05, 3.63) is 32.3 Å². The molecule has 1 aromatic carbocycles. The Labute approximate surface area is 160 Å². The topological polar surface area (TPSA) is 84.9 Å². The summed E-state index contributed by atoms with van der Waals surface area (Å²) in [6.07, 6.45) is 6.65. The molecule has 2 rings (SSSR count). The molecule has 1 aliphatic heterocycles. The molecule has 1 N–H and O–H groups in total. The molecule has 0 atom stereocenters. The number of esters is 1. The third-order valence-electron chi connectivity index (χ3n) is 3.11. The Morgan fingerprint density at radius 3 is 2.56 bits per heavy atom. The van der Waals surface area contributed by atoms with Gasteiger partial charge in [-0.15, -0.1) is 6.42 Å². The number of ether oxygens (including phenoxy) is 2. The van der Waals surface area contributed by atoms with Crippen molar-refractivity contribution in [3.8, 4) is 18.1 Å². The molecule has 0 aromatic heterocycles. The van der Waals surface area contributed by atoms with Crippen LogP contribution in [0.3, 0.4) is 0 Å². The average Bonchev–Trinajstić information content (AvgIpc) is 2.81. The van der Waals surface area contributed by atoms with E-state index in [1.165, 1.54) is 13.2 Å². The molecule has 25 heavy (non-hydrogen) atoms. The number of amides is 3. The standard InChI is InChI=1S/C16H12Br2N2O5/c1-3-4-25-14-10(17)5-9(6-11(14)18)7-12-15(22)20(16(23)19-12)8-13(21)24-2/h1,5-7H,4,8H2,2H3,(H,19,23)/b12-7+. The highest BCUT2D eigenvalue weighted by Crippen LogP contribution is 2.35. The van der Waals surface area contributed by atoms with Crippen LogP contribution in [0.1, 0.15) is 5.56 Å². The van der Waals surface area contributed by atoms with E-state index >= 15 is 0 Å². The second-order valence-corrected chi connectivity index (χ2v) is 6.47. The molecular formula is C16H12Br2N2O5. The van der Waals surface area contributed by atoms with Gasteiger partial charge in [0.05, 0.1) is 16.1 Å². The quantitative estimate of drug-likeness (QED) is 0.308. The number of halogens is 2. The Morgan fingerprint density at radius 1 is 1.36 bits per heavy atom. The normalized spacial score (nSPS) is 15.1. The third-order valence-corrected chi connectivity index (χ3v) is 4.29. The fraction of sp³-hybridized carbons (Fsp3) is 0.188. The predicted octanol–water partition coefficient (Wildman–Crippen LogP) is 2.29. The van der Waals surface area contributed by atoms with Gasteiger partial charge in [-0.1, -0.05) is 5.92 Å². The number of methoxy groups -OCH3 is 1. The lowest BCUT2D eigenvalue weighted by molar-refractivity contribution is -0.143. The van der Waals surface area contributed by atoms with Crippen LogP contribution in [0, 0.1) is 12.3 Å². The summed E-state index contributed by atoms with van der Waals surface area (Å²) < 4.78 is 11.1. The molecule has 0 spiro atoms. The molecule has 7 nitrogen and oxygen atoms in total. The van der Waals surface area contributed by atoms with Gasteiger partial charge in [-0.3, -0.25) is 9.59 Å². The van der Waals surface area contributed by atoms with E-state index in [1.807, 2.05) is 0 Å². The van der Waals surface area contributed by atoms with Gasteiger partial charge in [-0.2, -0.15) is 0 Å². The molecule has 1 fully saturated rings. The van der Waals surface area contributed by atoms with Crippen molar-refractivity contribution in [3.63, 3.8) is 0 Å². The maximum Gasteiger partial charge on any atom is 0.329 e. The van der Waals surface area contributed by atoms with Gasteiger partial charge in [-0.05, 0) is 55.6 Å². The van der Waals surface area contributed by atoms with Gasteiger partial charge in [0.1, 0.15) is 24.6 Å². The number of benzene rings is 1. The van der Waals surface area contributed by atoms with E-state index in [9.17, 15) is 14.4 Å². The van der Waals surface area contributed by atoms with Crippen LogP contribution in [0.5, 0.6) is 5.75 Å². The molecule has 0 radical (unpaired) electrons. The fourth-order valence-electron chi connectivity index (χ4n) is 1.99. The Balaban J connectivity index is 2.26. The van der Waals surface area contributed by atoms with Gasteiger partial charge in [-0.25, -0.2) is 9.69 Å². The minimum absolute atomic E-state index is 0.0463. The molecule has 0 aliphatic carbocycles. The minimum atomic E-state index is -0.690. The first kappa shape index (κ1) is 19.0. The minimum Gasteiger partial charge on any atom is -0.479 e. The monoisotopic (exact) mass is 470 g/mol. The molecule has 1 aromatic rings. The van der Waals surface area contributed by atoms with Crippen molar-refractivity contribution in [2.75, 3.05) is 20.3 Å². The summed E-state index contributed by atoms with van der Waals surface area (Å²) in [5.74, 6) is 1.59. The fourth-order valence-corrected chi connectivity index (χ4v) is 3.44. The molecule has 3 amide bonds. The number of nitrogens with zero attached hydrogens (tertiary/aromatic N) is 1. The first-order valence-electron chi connectivity index (χ1n) is 6.84. The highest BCUT2D eigenvalue weighted by atomic mass is 79.9. The molecule has 0 unspecified atom stereocenters. The smallest absolute Gasteiger partial charge is 0.329 e. The van der Waals surface area contributed by atoms with Crippen molar-refractivity contribution in [1.82, 2.24) is 10.2 Å². The molecule has 0 saturated carbocycles. The van der Waals surface area contributed by atoms with Crippen LogP contribution >= 0.6 is 31.9 Å². The summed E-state index contributed by atoms with van der Waals surface area (Å²) in [6, 6.07) is 2.71. The Bertz CT molecular complexity index is 790. The third kappa shape index (κ3) is 4.41. The number of hydrogen-bond donors (Lipinski definition) is 1. The Morgan fingerprint density at radius 2 is 2.00 bits per heavy atom. The summed E-state index contributed by atoms with van der Waals surface area (Å²) in [7, 11) is 1.18. The van der Waals surface area contributed by atoms with Crippen LogP contribution in [0.15, 0.2) is 26.8 Å². The number of rotatable bonds is 5. The van der Waals surface area contributed by atoms with E-state index in [0.29, 0.717) is 20.3 Å². The Hall–Kier alpha value is -2.31. The first-order valence-corrected chi connectivity index (χ1v) is 8.42. The molecule has 1 heterocycles. The summed E-state index contributed by atoms with van der Waals surface area (Å²) in [5, 5.41) is 2.42. The van der Waals surface area contributed by atoms with Gasteiger partial charge < -0.3 is 14.8 Å². The largest absolute Gasteiger partial charge is 0.479 e. The van der Waals surface area contributed by atoms with Crippen LogP contribution < -0.4 is 10.1 Å². The number of terminal acetylenes is 1. The highest BCUT2D eigenvalue weighted by Gasteiger charge is 2.35. The maximum absolute atomic E-state index is 12.2. The van der Waals surface area contributed by atoms with Gasteiger partial charge >= 0.3 is 12.0 Å². The zero-order valence-corrected chi connectivity index (χ0v) is 16.1. The van der Waals surface area contributed by atoms with Crippen molar-refractivity contribution in [1.29, 1.82) is 0 Å². The first-order chi connectivity index (χ1) is 11.9. The summed E-state index contributed by atoms with van der Waals surface area (Å²) in [5.41, 5.74) is 0.667. The number of urea groups is 1. The van der Waals surface area contributed by atoms with Crippen LogP contribution in [0.4, 0.5) is 4.79 Å². The average molecular weight is 472 g/mol. The zero-order valence-electron chi connectivity index (χ0n) is 13.0. The van der Waals surface area contributed by atoms with Crippen LogP contribution in [0.2, 0.25) is 0 Å². The molecule has 0 bridgehead atoms. The number of imide groups is 1. The highest BCUT2D eigenvalue weighted by molar-refractivity contribution is 9.11. The summed E-state index contributed by atoms with van der Waals surface area (Å²) in [6.45, 7) is -0.348. The van der Waals surface area contributed by atoms with E-state index in [1.54, 1.807) is 12.1 Å². The van der Waals surface area contributed by atoms with Crippen molar-refractivity contribution < 1.29 is 23.9 Å². The second kappa shape index (κ2) is 8.18. The lowest BCUT2D eigenvalue weighted by Gasteiger charge is -2.10. The lowest BCUT2D eigenvalue weighted by Crippen LogP contribution is -2.36. The number of carbonyl (C=O) groups is 3. The van der Waals surface area contributed by atoms with Crippen LogP contribution in [0.25, 0.3) is 6.08 Å². The molecular weight excluding hydrogens is 460 g/mol. The molecule has 130 valence electrons. The second-order valence-electron chi connectivity index (χ2n) is 4.76. The molecule has 1 aliphatic rings. The van der Waals surface area contributed by atoms with Crippen molar-refractivity contribution in [2.45, 2.75) is 0 Å². The number of carbonyl (C=O) groups excluding carboxylic acids is 3. The maximum atomic E-state index is 12.2. The SMILES string of the molecule is C#CCOc1c(Br)cc(/C=C2/NC(=O)N(CC(=O)OC)C2=O)cc1Br. The molecule has 9 heteroatoms.